The summed E-state index contributed by atoms with van der Waals surface area (Å²) >= 11 is 1.28. The molecule has 1 aliphatic carbocycles. The number of aromatic nitrogens is 5. The number of nitrogens with one attached hydrogen (secondary N) is 2. The molecule has 15 heteroatoms. The molecule has 6 heterocycles. The van der Waals surface area contributed by atoms with Crippen molar-refractivity contribution in [2.24, 2.45) is 5.41 Å². The van der Waals surface area contributed by atoms with Crippen molar-refractivity contribution in [1.82, 2.24) is 30.5 Å². The number of piperazine rings is 1. The molecular weight excluding hydrogens is 602 g/mol. The molecule has 230 valence electrons. The standard InChI is InChI=1S/C29H27F4N7O3S/c1-13-6-18-17(7-35-39-18)19(22(13)43-26(30)31)21-23-16(4-5-34-21)20-24(40-8-14-2-3-15(9-40)36-14)37-27(38-25(20)44-23)42-12-28(11-41)10-29(28,32)33/h4-7,14-15,26,36,41H,2-3,8-12H2,1H3,(H,35,39)/t14-,15+,28-/m1/s1. The number of nitrogens with zero attached hydrogens (tertiary/aromatic N) is 5. The summed E-state index contributed by atoms with van der Waals surface area (Å²) in [4.78, 5) is 16.7. The summed E-state index contributed by atoms with van der Waals surface area (Å²) in [6.07, 6.45) is 4.76. The van der Waals surface area contributed by atoms with Crippen molar-refractivity contribution in [1.29, 1.82) is 0 Å². The molecule has 2 aliphatic heterocycles. The van der Waals surface area contributed by atoms with Crippen LogP contribution < -0.4 is 19.7 Å². The third kappa shape index (κ3) is 4.27. The molecular formula is C29H27F4N7O3S. The van der Waals surface area contributed by atoms with E-state index in [1.165, 1.54) is 11.3 Å². The van der Waals surface area contributed by atoms with E-state index in [1.54, 1.807) is 25.4 Å². The third-order valence-electron chi connectivity index (χ3n) is 9.04. The van der Waals surface area contributed by atoms with Crippen molar-refractivity contribution in [2.45, 2.75) is 50.8 Å². The third-order valence-corrected chi connectivity index (χ3v) is 10.2. The molecule has 5 aromatic rings. The Bertz CT molecular complexity index is 1920. The lowest BCUT2D eigenvalue weighted by Gasteiger charge is -2.34. The van der Waals surface area contributed by atoms with E-state index in [4.69, 9.17) is 14.5 Å². The summed E-state index contributed by atoms with van der Waals surface area (Å²) < 4.78 is 66.9. The summed E-state index contributed by atoms with van der Waals surface area (Å²) in [6, 6.07) is 4.03. The first-order chi connectivity index (χ1) is 21.2. The maximum atomic E-state index is 14.1. The Morgan fingerprint density at radius 3 is 2.66 bits per heavy atom. The highest BCUT2D eigenvalue weighted by atomic mass is 32.1. The Hall–Kier alpha value is -3.82. The molecule has 3 atom stereocenters. The number of ether oxygens (including phenoxy) is 2. The van der Waals surface area contributed by atoms with Crippen LogP contribution in [0.5, 0.6) is 11.8 Å². The maximum absolute atomic E-state index is 14.1. The summed E-state index contributed by atoms with van der Waals surface area (Å²) in [5.41, 5.74) is 0.263. The van der Waals surface area contributed by atoms with Crippen LogP contribution in [0.1, 0.15) is 24.8 Å². The van der Waals surface area contributed by atoms with E-state index in [0.717, 1.165) is 23.6 Å². The molecule has 8 rings (SSSR count). The van der Waals surface area contributed by atoms with Gasteiger partial charge >= 0.3 is 12.6 Å². The second kappa shape index (κ2) is 9.84. The summed E-state index contributed by atoms with van der Waals surface area (Å²) in [5.74, 6) is -2.41. The lowest BCUT2D eigenvalue weighted by Crippen LogP contribution is -2.51. The average Bonchev–Trinajstić information content (AvgIpc) is 3.43. The minimum absolute atomic E-state index is 0.0000272. The van der Waals surface area contributed by atoms with Crippen molar-refractivity contribution < 1.29 is 32.1 Å². The summed E-state index contributed by atoms with van der Waals surface area (Å²) in [5, 5.41) is 22.4. The van der Waals surface area contributed by atoms with E-state index < -0.39 is 37.6 Å². The van der Waals surface area contributed by atoms with Crippen LogP contribution in [-0.4, -0.2) is 81.2 Å². The number of pyridine rings is 1. The van der Waals surface area contributed by atoms with Crippen LogP contribution in [-0.2, 0) is 0 Å². The van der Waals surface area contributed by atoms with Crippen LogP contribution in [0.4, 0.5) is 23.4 Å². The quantitative estimate of drug-likeness (QED) is 0.203. The van der Waals surface area contributed by atoms with Crippen molar-refractivity contribution in [3.05, 3.63) is 30.1 Å². The number of rotatable bonds is 8. The van der Waals surface area contributed by atoms with Crippen LogP contribution >= 0.6 is 11.3 Å². The summed E-state index contributed by atoms with van der Waals surface area (Å²) in [7, 11) is 0. The van der Waals surface area contributed by atoms with Gasteiger partial charge in [-0.15, -0.1) is 11.3 Å². The van der Waals surface area contributed by atoms with Crippen molar-refractivity contribution in [2.75, 3.05) is 31.2 Å². The van der Waals surface area contributed by atoms with Gasteiger partial charge in [0.1, 0.15) is 23.0 Å². The number of aliphatic hydroxyl groups excluding tert-OH is 1. The number of hydrogen-bond donors (Lipinski definition) is 3. The van der Waals surface area contributed by atoms with Gasteiger partial charge in [-0.1, -0.05) is 0 Å². The van der Waals surface area contributed by atoms with Gasteiger partial charge in [-0.2, -0.15) is 23.8 Å². The first-order valence-electron chi connectivity index (χ1n) is 14.3. The molecule has 4 aromatic heterocycles. The molecule has 3 aliphatic rings. The predicted molar refractivity (Wildman–Crippen MR) is 156 cm³/mol. The molecule has 1 aromatic carbocycles. The molecule has 2 bridgehead atoms. The molecule has 0 amide bonds. The lowest BCUT2D eigenvalue weighted by atomic mass is 10.0. The average molecular weight is 630 g/mol. The fraction of sp³-hybridized carbons (Fsp3) is 0.448. The number of benzene rings is 1. The molecule has 44 heavy (non-hydrogen) atoms. The molecule has 0 spiro atoms. The van der Waals surface area contributed by atoms with Crippen molar-refractivity contribution in [3.8, 4) is 23.0 Å². The minimum atomic E-state index is -3.06. The van der Waals surface area contributed by atoms with Gasteiger partial charge in [-0.05, 0) is 37.5 Å². The second-order valence-electron chi connectivity index (χ2n) is 11.9. The van der Waals surface area contributed by atoms with Gasteiger partial charge < -0.3 is 24.8 Å². The van der Waals surface area contributed by atoms with E-state index in [1.807, 2.05) is 6.07 Å². The number of thiophene rings is 1. The highest BCUT2D eigenvalue weighted by Crippen LogP contribution is 2.60. The van der Waals surface area contributed by atoms with Crippen LogP contribution in [0.25, 0.3) is 42.5 Å². The number of aliphatic hydroxyl groups is 1. The Morgan fingerprint density at radius 2 is 1.95 bits per heavy atom. The highest BCUT2D eigenvalue weighted by Gasteiger charge is 2.71. The second-order valence-corrected chi connectivity index (χ2v) is 12.9. The van der Waals surface area contributed by atoms with Gasteiger partial charge in [-0.3, -0.25) is 10.1 Å². The molecule has 1 saturated carbocycles. The molecule has 3 fully saturated rings. The SMILES string of the molecule is Cc1cc2[nH]ncc2c(-c2nccc3c2sc2nc(OC[C@]4(CO)CC4(F)F)nc(N4C[C@H]5CC[C@@H](C4)N5)c23)c1OC(F)F. The number of halogens is 4. The first kappa shape index (κ1) is 27.7. The smallest absolute Gasteiger partial charge is 0.387 e. The van der Waals surface area contributed by atoms with Gasteiger partial charge in [0.15, 0.2) is 0 Å². The van der Waals surface area contributed by atoms with E-state index in [0.29, 0.717) is 56.2 Å². The Labute approximate surface area is 251 Å². The van der Waals surface area contributed by atoms with Crippen LogP contribution in [0, 0.1) is 12.3 Å². The lowest BCUT2D eigenvalue weighted by molar-refractivity contribution is -0.0498. The number of aryl methyl sites for hydroxylation is 1. The van der Waals surface area contributed by atoms with Gasteiger partial charge in [0.25, 0.3) is 5.92 Å². The van der Waals surface area contributed by atoms with Crippen molar-refractivity contribution in [3.63, 3.8) is 0 Å². The Morgan fingerprint density at radius 1 is 1.18 bits per heavy atom. The first-order valence-corrected chi connectivity index (χ1v) is 15.1. The van der Waals surface area contributed by atoms with E-state index in [2.05, 4.69) is 30.4 Å². The zero-order valence-corrected chi connectivity index (χ0v) is 24.2. The highest BCUT2D eigenvalue weighted by molar-refractivity contribution is 7.26. The largest absolute Gasteiger partial charge is 0.462 e. The monoisotopic (exact) mass is 629 g/mol. The number of alkyl halides is 4. The minimum Gasteiger partial charge on any atom is -0.462 e. The Balaban J connectivity index is 1.32. The number of H-pyrrole nitrogens is 1. The predicted octanol–water partition coefficient (Wildman–Crippen LogP) is 5.03. The van der Waals surface area contributed by atoms with Gasteiger partial charge in [0.05, 0.1) is 45.1 Å². The van der Waals surface area contributed by atoms with E-state index in [9.17, 15) is 22.7 Å². The fourth-order valence-electron chi connectivity index (χ4n) is 6.65. The van der Waals surface area contributed by atoms with Crippen molar-refractivity contribution >= 4 is 48.4 Å². The van der Waals surface area contributed by atoms with Gasteiger partial charge in [0, 0.05) is 48.6 Å². The van der Waals surface area contributed by atoms with Crippen LogP contribution in [0.3, 0.4) is 0 Å². The van der Waals surface area contributed by atoms with Gasteiger partial charge in [0.2, 0.25) is 0 Å². The molecule has 10 nitrogen and oxygen atoms in total. The normalized spacial score (nSPS) is 24.2. The number of hydrogen-bond acceptors (Lipinski definition) is 10. The van der Waals surface area contributed by atoms with E-state index in [-0.39, 0.29) is 23.8 Å². The number of aromatic amines is 1. The van der Waals surface area contributed by atoms with Gasteiger partial charge in [-0.25, -0.2) is 8.78 Å². The van der Waals surface area contributed by atoms with Crippen LogP contribution in [0.2, 0.25) is 0 Å². The molecule has 0 unspecified atom stereocenters. The zero-order chi connectivity index (χ0) is 30.4. The maximum Gasteiger partial charge on any atom is 0.387 e. The number of fused-ring (bicyclic) bond motifs is 6. The molecule has 0 radical (unpaired) electrons. The zero-order valence-electron chi connectivity index (χ0n) is 23.4. The van der Waals surface area contributed by atoms with Crippen LogP contribution in [0.15, 0.2) is 24.5 Å². The van der Waals surface area contributed by atoms with E-state index >= 15 is 0 Å². The topological polar surface area (TPSA) is 121 Å². The fourth-order valence-corrected chi connectivity index (χ4v) is 7.80. The molecule has 2 saturated heterocycles. The Kier molecular flexibility index (Phi) is 6.20. The number of anilines is 1. The molecule has 3 N–H and O–H groups in total. The summed E-state index contributed by atoms with van der Waals surface area (Å²) in [6.45, 7) is -1.13.